The number of methoxy groups -OCH3 is 1. The van der Waals surface area contributed by atoms with Gasteiger partial charge in [0.1, 0.15) is 23.1 Å². The number of allylic oxidation sites excluding steroid dienone is 2. The summed E-state index contributed by atoms with van der Waals surface area (Å²) in [6.45, 7) is 19.1. The number of aliphatic hydroxyl groups excluding tert-OH is 2. The number of amides is 1. The van der Waals surface area contributed by atoms with E-state index in [4.69, 9.17) is 28.3 Å². The fourth-order valence-electron chi connectivity index (χ4n) is 9.46. The van der Waals surface area contributed by atoms with Gasteiger partial charge in [-0.05, 0) is 38.4 Å². The van der Waals surface area contributed by atoms with Gasteiger partial charge in [-0.25, -0.2) is 0 Å². The van der Waals surface area contributed by atoms with Crippen LogP contribution in [0.4, 0.5) is 11.4 Å². The Kier molecular flexibility index (Phi) is 16.2. The van der Waals surface area contributed by atoms with Gasteiger partial charge in [0, 0.05) is 131 Å². The number of anilines is 2. The molecule has 17 heteroatoms. The first kappa shape index (κ1) is 51.8. The topological polar surface area (TPSA) is 210 Å². The van der Waals surface area contributed by atoms with Crippen molar-refractivity contribution in [2.24, 2.45) is 23.7 Å². The summed E-state index contributed by atoms with van der Waals surface area (Å²) in [7, 11) is 1.45. The first-order valence-corrected chi connectivity index (χ1v) is 22.6. The minimum absolute atomic E-state index is 0. The van der Waals surface area contributed by atoms with E-state index >= 15 is 0 Å². The van der Waals surface area contributed by atoms with Crippen molar-refractivity contribution in [1.82, 2.24) is 9.88 Å². The number of hydrogen-bond acceptors (Lipinski definition) is 15. The molecule has 4 heterocycles. The van der Waals surface area contributed by atoms with Crippen LogP contribution in [0.1, 0.15) is 77.7 Å². The molecule has 0 aliphatic carbocycles. The number of ether oxygens (including phenoxy) is 4. The number of esters is 1. The summed E-state index contributed by atoms with van der Waals surface area (Å²) in [5, 5.41) is 37.6. The maximum absolute atomic E-state index is 14.8. The fourth-order valence-corrected chi connectivity index (χ4v) is 9.46. The molecule has 1 amide bonds. The normalized spacial score (nSPS) is 29.5. The van der Waals surface area contributed by atoms with Gasteiger partial charge in [-0.1, -0.05) is 58.5 Å². The zero-order chi connectivity index (χ0) is 47.9. The van der Waals surface area contributed by atoms with Crippen LogP contribution in [-0.2, 0) is 23.8 Å². The number of benzene rings is 3. The number of rotatable bonds is 5. The van der Waals surface area contributed by atoms with E-state index in [1.165, 1.54) is 46.3 Å². The summed E-state index contributed by atoms with van der Waals surface area (Å²) in [6, 6.07) is 6.86. The number of hydrogen-bond donors (Lipinski definition) is 4. The van der Waals surface area contributed by atoms with E-state index in [0.717, 1.165) is 44.8 Å². The van der Waals surface area contributed by atoms with Gasteiger partial charge >= 0.3 is 11.8 Å². The Morgan fingerprint density at radius 1 is 1.01 bits per heavy atom. The molecule has 16 nitrogen and oxygen atoms in total. The summed E-state index contributed by atoms with van der Waals surface area (Å²) >= 11 is 0. The van der Waals surface area contributed by atoms with Crippen molar-refractivity contribution >= 4 is 62.0 Å². The number of phenolic OH excluding ortho intramolecular Hbond substituents is 1. The minimum atomic E-state index is -2.04. The van der Waals surface area contributed by atoms with E-state index in [9.17, 15) is 34.5 Å². The van der Waals surface area contributed by atoms with Gasteiger partial charge in [-0.3, -0.25) is 29.1 Å². The van der Waals surface area contributed by atoms with Crippen LogP contribution in [0.3, 0.4) is 0 Å². The van der Waals surface area contributed by atoms with Crippen molar-refractivity contribution in [2.45, 2.75) is 98.9 Å². The Balaban J connectivity index is 0.00000741. The average Bonchev–Trinajstić information content (AvgIpc) is 3.56. The van der Waals surface area contributed by atoms with E-state index in [2.05, 4.69) is 28.1 Å². The summed E-state index contributed by atoms with van der Waals surface area (Å²) < 4.78 is 30.5. The first-order chi connectivity index (χ1) is 31.3. The standard InChI is InChI=1S/C50H61N4O12.Ho/c1-11-18-53-19-21-54(22-20-53)32-15-16-33-35(24-32)65-47-39(51-33)36-37-43(58)30(7)46-38(36)48(60)50(9,66-46)63-23-17-34(62-10)27(4)45(64-31(8)55)29(6)42(57)28(5)41(56)25(2)13-12-14-26(3)49(61)52-40(47)44(37)59;/h12-15,17,23-25,27-29,34,41-42,45,56-57,59H,11,18-22H2,1-10H3,(H,52,61);/q-1;/b13-12+,23-17+,26-14-;/t25-,27+,28+,29+,34-,41-,42+,45+,50?;/m0./s1. The molecule has 3 aromatic carbocycles. The Morgan fingerprint density at radius 2 is 1.72 bits per heavy atom. The van der Waals surface area contributed by atoms with Gasteiger partial charge in [0.15, 0.2) is 16.8 Å². The predicted molar refractivity (Wildman–Crippen MR) is 250 cm³/mol. The van der Waals surface area contributed by atoms with Crippen LogP contribution in [-0.4, -0.2) is 113 Å². The second-order valence-corrected chi connectivity index (χ2v) is 18.1. The Bertz CT molecular complexity index is 2710. The van der Waals surface area contributed by atoms with Crippen LogP contribution in [0.2, 0.25) is 0 Å². The second-order valence-electron chi connectivity index (χ2n) is 18.1. The van der Waals surface area contributed by atoms with E-state index in [0.29, 0.717) is 0 Å². The molecular weight excluding hydrogens is 1010 g/mol. The van der Waals surface area contributed by atoms with E-state index in [1.54, 1.807) is 46.8 Å². The number of aromatic hydroxyl groups is 1. The molecule has 5 bridgehead atoms. The molecule has 1 radical (unpaired) electrons. The molecule has 7 rings (SSSR count). The van der Waals surface area contributed by atoms with E-state index in [-0.39, 0.29) is 98.8 Å². The molecule has 67 heavy (non-hydrogen) atoms. The summed E-state index contributed by atoms with van der Waals surface area (Å²) in [6.07, 6.45) is 4.74. The quantitative estimate of drug-likeness (QED) is 0.0430. The monoisotopic (exact) mass is 1070 g/mol. The van der Waals surface area contributed by atoms with Crippen LogP contribution >= 0.6 is 0 Å². The van der Waals surface area contributed by atoms with Crippen molar-refractivity contribution in [2.75, 3.05) is 50.1 Å². The number of aromatic nitrogens is 1. The van der Waals surface area contributed by atoms with E-state index in [1.807, 2.05) is 12.1 Å². The third kappa shape index (κ3) is 9.99. The number of nitrogens with zero attached hydrogens (tertiary/aromatic N) is 3. The third-order valence-corrected chi connectivity index (χ3v) is 13.5. The van der Waals surface area contributed by atoms with Gasteiger partial charge in [-0.2, -0.15) is 12.1 Å². The summed E-state index contributed by atoms with van der Waals surface area (Å²) in [5.74, 6) is -7.18. The second kappa shape index (κ2) is 21.0. The molecule has 4 N–H and O–H groups in total. The molecule has 1 fully saturated rings. The Morgan fingerprint density at radius 3 is 2.37 bits per heavy atom. The summed E-state index contributed by atoms with van der Waals surface area (Å²) in [4.78, 5) is 65.2. The van der Waals surface area contributed by atoms with Gasteiger partial charge in [0.05, 0.1) is 35.5 Å². The molecule has 4 aromatic rings. The van der Waals surface area contributed by atoms with Crippen LogP contribution in [0.25, 0.3) is 33.0 Å². The maximum Gasteiger partial charge on any atom is 0.312 e. The Hall–Kier alpha value is -4.55. The van der Waals surface area contributed by atoms with E-state index < -0.39 is 82.7 Å². The number of carbonyl (C=O) groups is 3. The molecule has 0 spiro atoms. The number of aliphatic hydroxyl groups is 2. The molecule has 9 atom stereocenters. The third-order valence-electron chi connectivity index (χ3n) is 13.5. The molecular formula is C50H61HoN4O12-. The van der Waals surface area contributed by atoms with Crippen molar-refractivity contribution in [3.63, 3.8) is 0 Å². The molecule has 1 unspecified atom stereocenters. The van der Waals surface area contributed by atoms with Gasteiger partial charge in [0.25, 0.3) is 11.7 Å². The number of phenols is 1. The molecule has 3 aliphatic rings. The number of carbonyl (C=O) groups excluding carboxylic acids is 3. The molecule has 3 aliphatic heterocycles. The summed E-state index contributed by atoms with van der Waals surface area (Å²) in [5.41, 5.74) is 0.439. The largest absolute Gasteiger partial charge is 0.511 e. The zero-order valence-corrected chi connectivity index (χ0v) is 41.5. The van der Waals surface area contributed by atoms with Crippen molar-refractivity contribution in [3.05, 3.63) is 75.7 Å². The molecule has 1 aromatic heterocycles. The van der Waals surface area contributed by atoms with Crippen LogP contribution in [0.5, 0.6) is 11.5 Å². The van der Waals surface area contributed by atoms with Crippen molar-refractivity contribution < 1.29 is 90.8 Å². The van der Waals surface area contributed by atoms with Gasteiger partial charge in [0.2, 0.25) is 0 Å². The molecule has 0 saturated carbocycles. The predicted octanol–water partition coefficient (Wildman–Crippen LogP) is 6.33. The van der Waals surface area contributed by atoms with Crippen LogP contribution < -0.4 is 20.4 Å². The van der Waals surface area contributed by atoms with Crippen LogP contribution in [0.15, 0.2) is 57.5 Å². The first-order valence-electron chi connectivity index (χ1n) is 22.6. The number of Topliss-reactive ketones (excluding diaryl/α,β-unsaturated/α-hetero) is 1. The smallest absolute Gasteiger partial charge is 0.312 e. The average molecular weight is 1070 g/mol. The zero-order valence-electron chi connectivity index (χ0n) is 39.6. The van der Waals surface area contributed by atoms with Crippen molar-refractivity contribution in [1.29, 1.82) is 0 Å². The SMILES string of the molecule is CCCN1CCN(c2c[c-]c3nc4c(oc3c2)c2c(O)c3c(=O)c(C)c5c(c34)C(=O)C(C)(O/C=C/[C@H](OC)[C@@H](C)[C@@H](OC(C)=O)[C@H](C)[C@H](O)[C@H](C)[C@@H](O)[C@@H](C)/C=C/C=C(/C)C(=O)N2)O5)CC1.[Ho]. The molecule has 365 valence electrons. The van der Waals surface area contributed by atoms with Crippen LogP contribution in [0, 0.1) is 74.4 Å². The Labute approximate surface area is 419 Å². The van der Waals surface area contributed by atoms with Crippen molar-refractivity contribution in [3.8, 4) is 11.5 Å². The number of fused-ring (bicyclic) bond motifs is 5. The van der Waals surface area contributed by atoms with Gasteiger partial charge in [-0.15, -0.1) is 6.07 Å². The molecule has 1 saturated heterocycles. The maximum atomic E-state index is 14.8. The number of nitrogens with one attached hydrogen (secondary N) is 1. The number of piperazine rings is 1. The number of ketones is 1. The fraction of sp³-hybridized carbons (Fsp3) is 0.500. The van der Waals surface area contributed by atoms with Gasteiger partial charge < -0.3 is 48.9 Å². The minimum Gasteiger partial charge on any atom is -0.511 e.